The van der Waals surface area contributed by atoms with Crippen molar-refractivity contribution in [2.75, 3.05) is 26.8 Å². The van der Waals surface area contributed by atoms with E-state index in [1.807, 2.05) is 36.0 Å². The van der Waals surface area contributed by atoms with Gasteiger partial charge in [0.1, 0.15) is 23.4 Å². The third kappa shape index (κ3) is 6.91. The van der Waals surface area contributed by atoms with E-state index in [0.29, 0.717) is 25.2 Å². The normalized spacial score (nSPS) is 21.6. The van der Waals surface area contributed by atoms with E-state index >= 15 is 0 Å². The number of H-pyrrole nitrogens is 2. The summed E-state index contributed by atoms with van der Waals surface area (Å²) in [5.41, 5.74) is 7.71. The van der Waals surface area contributed by atoms with Gasteiger partial charge in [0.25, 0.3) is 5.91 Å². The van der Waals surface area contributed by atoms with Gasteiger partial charge < -0.3 is 34.6 Å². The largest absolute Gasteiger partial charge is 0.453 e. The number of thiazole rings is 1. The lowest BCUT2D eigenvalue weighted by Gasteiger charge is -2.30. The van der Waals surface area contributed by atoms with E-state index in [4.69, 9.17) is 14.5 Å². The molecule has 0 saturated carbocycles. The molecule has 280 valence electrons. The molecule has 6 heterocycles. The van der Waals surface area contributed by atoms with E-state index in [0.717, 1.165) is 77.6 Å². The van der Waals surface area contributed by atoms with Gasteiger partial charge in [-0.2, -0.15) is 0 Å². The number of amides is 3. The van der Waals surface area contributed by atoms with Gasteiger partial charge in [0, 0.05) is 25.0 Å². The minimum atomic E-state index is -0.680. The molecule has 1 spiro atoms. The van der Waals surface area contributed by atoms with E-state index in [2.05, 4.69) is 73.8 Å². The highest BCUT2D eigenvalue weighted by Crippen LogP contribution is 2.45. The Hall–Kier alpha value is -5.34. The van der Waals surface area contributed by atoms with Crippen molar-refractivity contribution in [3.8, 4) is 33.6 Å². The van der Waals surface area contributed by atoms with E-state index in [1.165, 1.54) is 18.4 Å². The molecule has 3 amide bonds. The van der Waals surface area contributed by atoms with Crippen molar-refractivity contribution in [2.24, 2.45) is 5.92 Å². The molecule has 5 aromatic rings. The van der Waals surface area contributed by atoms with Gasteiger partial charge >= 0.3 is 6.09 Å². The lowest BCUT2D eigenvalue weighted by atomic mass is 9.96. The summed E-state index contributed by atoms with van der Waals surface area (Å²) in [5.74, 6) is 1.17. The van der Waals surface area contributed by atoms with Gasteiger partial charge in [0.15, 0.2) is 0 Å². The number of carbonyl (C=O) groups is 3. The molecule has 0 bridgehead atoms. The molecule has 3 aromatic heterocycles. The number of methoxy groups -OCH3 is 1. The summed E-state index contributed by atoms with van der Waals surface area (Å²) in [6.07, 6.45) is 7.31. The second kappa shape index (κ2) is 14.8. The summed E-state index contributed by atoms with van der Waals surface area (Å²) in [7, 11) is 1.29. The molecule has 3 N–H and O–H groups in total. The Morgan fingerprint density at radius 2 is 1.52 bits per heavy atom. The van der Waals surface area contributed by atoms with Crippen LogP contribution in [-0.4, -0.2) is 91.1 Å². The number of nitrogens with one attached hydrogen (secondary N) is 3. The van der Waals surface area contributed by atoms with Crippen LogP contribution in [0.15, 0.2) is 71.8 Å². The number of nitrogens with zero attached hydrogens (tertiary/aromatic N) is 5. The summed E-state index contributed by atoms with van der Waals surface area (Å²) < 4.78 is 11.0. The monoisotopic (exact) mass is 748 g/mol. The van der Waals surface area contributed by atoms with Crippen LogP contribution in [0.4, 0.5) is 4.79 Å². The first-order chi connectivity index (χ1) is 26.2. The number of aromatic amines is 2. The van der Waals surface area contributed by atoms with Crippen LogP contribution < -0.4 is 5.32 Å². The molecular formula is C40H44N8O5S. The smallest absolute Gasteiger partial charge is 0.407 e. The van der Waals surface area contributed by atoms with E-state index in [1.54, 1.807) is 10.9 Å². The van der Waals surface area contributed by atoms with Crippen LogP contribution in [0.5, 0.6) is 0 Å². The average Bonchev–Trinajstić information content (AvgIpc) is 4.05. The molecular weight excluding hydrogens is 705 g/mol. The highest BCUT2D eigenvalue weighted by Gasteiger charge is 2.50. The first-order valence-electron chi connectivity index (χ1n) is 18.5. The summed E-state index contributed by atoms with van der Waals surface area (Å²) in [6, 6.07) is 15.6. The van der Waals surface area contributed by atoms with Crippen molar-refractivity contribution in [1.29, 1.82) is 0 Å². The second-order valence-corrected chi connectivity index (χ2v) is 15.4. The quantitative estimate of drug-likeness (QED) is 0.149. The Bertz CT molecular complexity index is 2100. The van der Waals surface area contributed by atoms with Gasteiger partial charge in [-0.25, -0.2) is 19.7 Å². The van der Waals surface area contributed by atoms with Crippen LogP contribution in [0, 0.1) is 5.92 Å². The van der Waals surface area contributed by atoms with Crippen LogP contribution in [0.3, 0.4) is 0 Å². The number of ether oxygens (including phenoxy) is 2. The van der Waals surface area contributed by atoms with Crippen LogP contribution in [0.25, 0.3) is 33.6 Å². The summed E-state index contributed by atoms with van der Waals surface area (Å²) in [6.45, 7) is 5.67. The zero-order valence-corrected chi connectivity index (χ0v) is 31.4. The highest BCUT2D eigenvalue weighted by molar-refractivity contribution is 7.07. The molecule has 3 fully saturated rings. The maximum atomic E-state index is 13.5. The first kappa shape index (κ1) is 35.7. The van der Waals surface area contributed by atoms with Gasteiger partial charge in [0.05, 0.1) is 60.6 Å². The molecule has 3 aliphatic rings. The number of likely N-dealkylation sites (tertiary alicyclic amines) is 2. The Morgan fingerprint density at radius 1 is 0.889 bits per heavy atom. The van der Waals surface area contributed by atoms with Crippen LogP contribution in [0.1, 0.15) is 80.2 Å². The van der Waals surface area contributed by atoms with Crippen molar-refractivity contribution in [2.45, 2.75) is 69.7 Å². The number of rotatable bonds is 9. The number of hydrogen-bond acceptors (Lipinski definition) is 9. The summed E-state index contributed by atoms with van der Waals surface area (Å²) >= 11 is 1.42. The Morgan fingerprint density at radius 3 is 2.07 bits per heavy atom. The molecule has 4 atom stereocenters. The maximum absolute atomic E-state index is 13.5. The third-order valence-corrected chi connectivity index (χ3v) is 11.6. The fraction of sp³-hybridized carbons (Fsp3) is 0.400. The van der Waals surface area contributed by atoms with Crippen LogP contribution >= 0.6 is 11.3 Å². The van der Waals surface area contributed by atoms with Crippen molar-refractivity contribution in [3.05, 3.63) is 89.2 Å². The Balaban J connectivity index is 0.942. The van der Waals surface area contributed by atoms with Gasteiger partial charge in [-0.1, -0.05) is 62.4 Å². The molecule has 8 rings (SSSR count). The van der Waals surface area contributed by atoms with Crippen LogP contribution in [0.2, 0.25) is 0 Å². The number of aromatic nitrogens is 5. The third-order valence-electron chi connectivity index (χ3n) is 11.0. The summed E-state index contributed by atoms with van der Waals surface area (Å²) in [4.78, 5) is 63.3. The van der Waals surface area contributed by atoms with E-state index < -0.39 is 12.1 Å². The fourth-order valence-electron chi connectivity index (χ4n) is 8.09. The molecule has 13 nitrogen and oxygen atoms in total. The van der Waals surface area contributed by atoms with Gasteiger partial charge in [0.2, 0.25) is 5.91 Å². The molecule has 0 radical (unpaired) electrons. The lowest BCUT2D eigenvalue weighted by molar-refractivity contribution is -0.135. The minimum Gasteiger partial charge on any atom is -0.453 e. The number of hydrogen-bond donors (Lipinski definition) is 3. The highest BCUT2D eigenvalue weighted by atomic mass is 32.1. The van der Waals surface area contributed by atoms with Gasteiger partial charge in [-0.15, -0.1) is 11.3 Å². The average molecular weight is 749 g/mol. The van der Waals surface area contributed by atoms with E-state index in [-0.39, 0.29) is 35.4 Å². The molecule has 54 heavy (non-hydrogen) atoms. The van der Waals surface area contributed by atoms with E-state index in [9.17, 15) is 14.4 Å². The fourth-order valence-corrected chi connectivity index (χ4v) is 8.62. The van der Waals surface area contributed by atoms with Gasteiger partial charge in [-0.3, -0.25) is 9.59 Å². The second-order valence-electron chi connectivity index (χ2n) is 14.7. The topological polar surface area (TPSA) is 158 Å². The first-order valence-corrected chi connectivity index (χ1v) is 19.5. The predicted molar refractivity (Wildman–Crippen MR) is 203 cm³/mol. The number of benzene rings is 2. The Labute approximate surface area is 317 Å². The van der Waals surface area contributed by atoms with Crippen LogP contribution in [-0.2, 0) is 14.3 Å². The minimum absolute atomic E-state index is 0.0894. The predicted octanol–water partition coefficient (Wildman–Crippen LogP) is 6.77. The molecule has 14 heteroatoms. The molecule has 0 aliphatic carbocycles. The number of alkyl carbamates (subject to hydrolysis) is 1. The number of imidazole rings is 2. The van der Waals surface area contributed by atoms with Crippen molar-refractivity contribution >= 4 is 29.2 Å². The number of carbonyl (C=O) groups excluding carboxylic acids is 3. The zero-order valence-electron chi connectivity index (χ0n) is 30.6. The zero-order chi connectivity index (χ0) is 37.4. The molecule has 2 aromatic carbocycles. The molecule has 0 unspecified atom stereocenters. The van der Waals surface area contributed by atoms with Gasteiger partial charge in [-0.05, 0) is 53.9 Å². The standard InChI is InChI=1S/C40H44N8O5S/c1-24(2)34(46-39(51)52-3)38(50)47-16-4-6-32(47)35-41-19-29(44-35)27-11-7-25(8-12-27)26-9-13-28(14-10-26)30-20-42-36(45-30)33-18-40(15-5-17-53-40)22-48(33)37(49)31-21-54-23-43-31/h7-14,19-21,23-24,32-34H,4-6,15-18,22H2,1-3H3,(H,41,44)(H,42,45)(H,46,51)/t32-,33-,34-,40-/m0/s1. The van der Waals surface area contributed by atoms with Crippen molar-refractivity contribution in [1.82, 2.24) is 40.0 Å². The summed E-state index contributed by atoms with van der Waals surface area (Å²) in [5, 5.41) is 4.49. The SMILES string of the molecule is COC(=O)N[C@H](C(=O)N1CCC[C@H]1c1ncc(-c2ccc(-c3ccc(-c4cnc([C@@H]5C[C@@]6(CCCO6)CN5C(=O)c5cscn5)[nH]4)cc3)cc2)[nH]1)C(C)C. The Kier molecular flexibility index (Phi) is 9.80. The maximum Gasteiger partial charge on any atom is 0.407 e. The lowest BCUT2D eigenvalue weighted by Crippen LogP contribution is -2.51. The molecule has 3 aliphatic heterocycles. The molecule has 3 saturated heterocycles. The van der Waals surface area contributed by atoms with Crippen molar-refractivity contribution < 1.29 is 23.9 Å². The van der Waals surface area contributed by atoms with Crippen molar-refractivity contribution in [3.63, 3.8) is 0 Å².